The molecule has 0 aliphatic rings. The van der Waals surface area contributed by atoms with E-state index < -0.39 is 0 Å². The fourth-order valence-corrected chi connectivity index (χ4v) is 2.64. The van der Waals surface area contributed by atoms with Crippen LogP contribution < -0.4 is 5.32 Å². The lowest BCUT2D eigenvalue weighted by Crippen LogP contribution is -2.03. The van der Waals surface area contributed by atoms with E-state index in [2.05, 4.69) is 31.3 Å². The standard InChI is InChI=1S/C17H16N6/c1-23-11-18-10-15(23)14-8-16(22-17-13(14)5-7-20-17)21-9-12-4-2-3-6-19-12/h2-8,10-11H,9H2,1H3,(H2,20,21,22). The Bertz CT molecular complexity index is 938. The number of fused-ring (bicyclic) bond motifs is 1. The Morgan fingerprint density at radius 3 is 3.00 bits per heavy atom. The Kier molecular flexibility index (Phi) is 3.27. The van der Waals surface area contributed by atoms with Crippen molar-refractivity contribution in [1.82, 2.24) is 24.5 Å². The summed E-state index contributed by atoms with van der Waals surface area (Å²) in [6.45, 7) is 0.630. The van der Waals surface area contributed by atoms with Crippen LogP contribution in [0.5, 0.6) is 0 Å². The quantitative estimate of drug-likeness (QED) is 0.608. The number of anilines is 1. The number of rotatable bonds is 4. The Morgan fingerprint density at radius 1 is 1.26 bits per heavy atom. The summed E-state index contributed by atoms with van der Waals surface area (Å²) in [5, 5.41) is 4.42. The molecule has 114 valence electrons. The van der Waals surface area contributed by atoms with Crippen LogP contribution in [0.3, 0.4) is 0 Å². The number of hydrogen-bond acceptors (Lipinski definition) is 4. The van der Waals surface area contributed by atoms with E-state index in [1.165, 1.54) is 0 Å². The maximum atomic E-state index is 4.63. The molecule has 6 heteroatoms. The topological polar surface area (TPSA) is 71.4 Å². The molecule has 4 heterocycles. The second kappa shape index (κ2) is 5.57. The van der Waals surface area contributed by atoms with Crippen molar-refractivity contribution in [3.8, 4) is 11.3 Å². The van der Waals surface area contributed by atoms with Gasteiger partial charge in [-0.1, -0.05) is 6.07 Å². The Hall–Kier alpha value is -3.15. The highest BCUT2D eigenvalue weighted by Crippen LogP contribution is 2.29. The van der Waals surface area contributed by atoms with Crippen LogP contribution in [0.2, 0.25) is 0 Å². The van der Waals surface area contributed by atoms with Gasteiger partial charge in [-0.25, -0.2) is 9.97 Å². The van der Waals surface area contributed by atoms with E-state index in [1.54, 1.807) is 12.5 Å². The van der Waals surface area contributed by atoms with Gasteiger partial charge in [0.25, 0.3) is 0 Å². The van der Waals surface area contributed by atoms with Crippen molar-refractivity contribution in [2.24, 2.45) is 7.05 Å². The number of pyridine rings is 2. The van der Waals surface area contributed by atoms with Crippen LogP contribution in [0, 0.1) is 0 Å². The summed E-state index contributed by atoms with van der Waals surface area (Å²) in [4.78, 5) is 16.3. The summed E-state index contributed by atoms with van der Waals surface area (Å²) in [5.74, 6) is 0.807. The van der Waals surface area contributed by atoms with Gasteiger partial charge in [0, 0.05) is 30.4 Å². The minimum atomic E-state index is 0.630. The van der Waals surface area contributed by atoms with Gasteiger partial charge >= 0.3 is 0 Å². The molecule has 0 amide bonds. The first-order chi connectivity index (χ1) is 11.3. The molecular formula is C17H16N6. The second-order valence-corrected chi connectivity index (χ2v) is 5.36. The molecule has 0 aliphatic heterocycles. The summed E-state index contributed by atoms with van der Waals surface area (Å²) in [6.07, 6.45) is 7.36. The first-order valence-corrected chi connectivity index (χ1v) is 7.40. The van der Waals surface area contributed by atoms with Gasteiger partial charge < -0.3 is 14.9 Å². The van der Waals surface area contributed by atoms with Crippen LogP contribution >= 0.6 is 0 Å². The fourth-order valence-electron chi connectivity index (χ4n) is 2.64. The third-order valence-electron chi connectivity index (χ3n) is 3.80. The normalized spacial score (nSPS) is 11.0. The monoisotopic (exact) mass is 304 g/mol. The van der Waals surface area contributed by atoms with Crippen molar-refractivity contribution < 1.29 is 0 Å². The largest absolute Gasteiger partial charge is 0.364 e. The number of imidazole rings is 1. The van der Waals surface area contributed by atoms with E-state index in [0.717, 1.165) is 33.8 Å². The zero-order chi connectivity index (χ0) is 15.6. The zero-order valence-corrected chi connectivity index (χ0v) is 12.7. The SMILES string of the molecule is Cn1cncc1-c1cc(NCc2ccccn2)nc2[nH]ccc12. The van der Waals surface area contributed by atoms with E-state index in [4.69, 9.17) is 0 Å². The summed E-state index contributed by atoms with van der Waals surface area (Å²) in [7, 11) is 1.99. The van der Waals surface area contributed by atoms with Crippen LogP contribution in [-0.2, 0) is 13.6 Å². The van der Waals surface area contributed by atoms with Crippen molar-refractivity contribution in [3.05, 3.63) is 60.9 Å². The lowest BCUT2D eigenvalue weighted by atomic mass is 10.1. The lowest BCUT2D eigenvalue weighted by Gasteiger charge is -2.09. The number of H-pyrrole nitrogens is 1. The van der Waals surface area contributed by atoms with Crippen LogP contribution in [0.25, 0.3) is 22.3 Å². The molecule has 0 spiro atoms. The zero-order valence-electron chi connectivity index (χ0n) is 12.7. The number of hydrogen-bond donors (Lipinski definition) is 2. The molecule has 4 rings (SSSR count). The summed E-state index contributed by atoms with van der Waals surface area (Å²) in [6, 6.07) is 9.96. The molecule has 6 nitrogen and oxygen atoms in total. The lowest BCUT2D eigenvalue weighted by molar-refractivity contribution is 0.922. The minimum absolute atomic E-state index is 0.630. The molecule has 4 aromatic heterocycles. The summed E-state index contributed by atoms with van der Waals surface area (Å²) in [5.41, 5.74) is 3.98. The molecule has 0 saturated carbocycles. The second-order valence-electron chi connectivity index (χ2n) is 5.36. The smallest absolute Gasteiger partial charge is 0.140 e. The number of aromatic nitrogens is 5. The van der Waals surface area contributed by atoms with E-state index in [-0.39, 0.29) is 0 Å². The predicted octanol–water partition coefficient (Wildman–Crippen LogP) is 2.97. The molecule has 0 radical (unpaired) electrons. The summed E-state index contributed by atoms with van der Waals surface area (Å²) >= 11 is 0. The Morgan fingerprint density at radius 2 is 2.22 bits per heavy atom. The molecule has 0 aromatic carbocycles. The van der Waals surface area contributed by atoms with E-state index in [9.17, 15) is 0 Å². The van der Waals surface area contributed by atoms with Crippen LogP contribution in [-0.4, -0.2) is 24.5 Å². The van der Waals surface area contributed by atoms with Crippen molar-refractivity contribution in [2.45, 2.75) is 6.54 Å². The molecular weight excluding hydrogens is 288 g/mol. The first-order valence-electron chi connectivity index (χ1n) is 7.40. The minimum Gasteiger partial charge on any atom is -0.364 e. The molecule has 0 atom stereocenters. The van der Waals surface area contributed by atoms with Gasteiger partial charge in [0.1, 0.15) is 11.5 Å². The van der Waals surface area contributed by atoms with E-state index >= 15 is 0 Å². The molecule has 4 aromatic rings. The highest BCUT2D eigenvalue weighted by Gasteiger charge is 2.11. The van der Waals surface area contributed by atoms with Gasteiger partial charge in [-0.05, 0) is 24.3 Å². The average molecular weight is 304 g/mol. The van der Waals surface area contributed by atoms with Gasteiger partial charge in [-0.2, -0.15) is 0 Å². The van der Waals surface area contributed by atoms with Gasteiger partial charge in [0.15, 0.2) is 0 Å². The third-order valence-corrected chi connectivity index (χ3v) is 3.80. The van der Waals surface area contributed by atoms with E-state index in [1.807, 2.05) is 48.3 Å². The number of nitrogens with one attached hydrogen (secondary N) is 2. The highest BCUT2D eigenvalue weighted by atomic mass is 15.0. The predicted molar refractivity (Wildman–Crippen MR) is 89.9 cm³/mol. The van der Waals surface area contributed by atoms with Crippen molar-refractivity contribution >= 4 is 16.9 Å². The van der Waals surface area contributed by atoms with Crippen LogP contribution in [0.4, 0.5) is 5.82 Å². The number of aromatic amines is 1. The molecule has 2 N–H and O–H groups in total. The Balaban J connectivity index is 1.72. The maximum Gasteiger partial charge on any atom is 0.140 e. The van der Waals surface area contributed by atoms with Crippen LogP contribution in [0.15, 0.2) is 55.2 Å². The van der Waals surface area contributed by atoms with Gasteiger partial charge in [-0.3, -0.25) is 4.98 Å². The van der Waals surface area contributed by atoms with Crippen molar-refractivity contribution in [3.63, 3.8) is 0 Å². The van der Waals surface area contributed by atoms with Gasteiger partial charge in [0.2, 0.25) is 0 Å². The number of aryl methyl sites for hydroxylation is 1. The van der Waals surface area contributed by atoms with Crippen LogP contribution in [0.1, 0.15) is 5.69 Å². The third kappa shape index (κ3) is 2.55. The number of nitrogens with zero attached hydrogens (tertiary/aromatic N) is 4. The highest BCUT2D eigenvalue weighted by molar-refractivity contribution is 5.93. The molecule has 0 saturated heterocycles. The van der Waals surface area contributed by atoms with Crippen molar-refractivity contribution in [1.29, 1.82) is 0 Å². The molecule has 0 bridgehead atoms. The molecule has 0 aliphatic carbocycles. The maximum absolute atomic E-state index is 4.63. The Labute approximate surface area is 133 Å². The molecule has 0 unspecified atom stereocenters. The van der Waals surface area contributed by atoms with Crippen molar-refractivity contribution in [2.75, 3.05) is 5.32 Å². The molecule has 23 heavy (non-hydrogen) atoms. The van der Waals surface area contributed by atoms with Gasteiger partial charge in [-0.15, -0.1) is 0 Å². The first kappa shape index (κ1) is 13.5. The molecule has 0 fully saturated rings. The summed E-state index contributed by atoms with van der Waals surface area (Å²) < 4.78 is 2.00. The van der Waals surface area contributed by atoms with Gasteiger partial charge in [0.05, 0.1) is 30.5 Å². The van der Waals surface area contributed by atoms with E-state index in [0.29, 0.717) is 6.54 Å². The fraction of sp³-hybridized carbons (Fsp3) is 0.118. The average Bonchev–Trinajstić information content (AvgIpc) is 3.22.